The van der Waals surface area contributed by atoms with Crippen LogP contribution in [-0.2, 0) is 4.79 Å². The predicted octanol–water partition coefficient (Wildman–Crippen LogP) is 4.48. The Bertz CT molecular complexity index is 605. The molecule has 0 aromatic heterocycles. The van der Waals surface area contributed by atoms with Gasteiger partial charge in [-0.1, -0.05) is 20.8 Å². The van der Waals surface area contributed by atoms with E-state index in [1.165, 1.54) is 19.3 Å². The molecule has 0 heterocycles. The van der Waals surface area contributed by atoms with Gasteiger partial charge in [-0.15, -0.1) is 0 Å². The molecule has 0 radical (unpaired) electrons. The summed E-state index contributed by atoms with van der Waals surface area (Å²) in [5.41, 5.74) is 0.216. The molecule has 0 saturated heterocycles. The zero-order valence-corrected chi connectivity index (χ0v) is 17.9. The van der Waals surface area contributed by atoms with Crippen LogP contribution in [0.2, 0.25) is 0 Å². The standard InChI is InChI=1S/C24H40O4/c1-14(4-9-22(27)28)18-7-8-19-17-6-5-15-12-16(25)10-11-23(15,2)20(17)13-21(26)24(18,19)3/h14-21,25-26H,4-13H2,1-3H3,(H,27,28)/t14?,15-,16-,17?,18-,19?,20?,21+,23+,24-/m1/s1. The summed E-state index contributed by atoms with van der Waals surface area (Å²) >= 11 is 0. The SMILES string of the molecule is CC(CCC(=O)O)[C@H]1CCC2C3CC[C@@H]4C[C@H](O)CC[C@]4(C)C3C[C@H](O)[C@@]21C. The average Bonchev–Trinajstić information content (AvgIpc) is 3.00. The Morgan fingerprint density at radius 3 is 2.50 bits per heavy atom. The zero-order valence-electron chi connectivity index (χ0n) is 17.9. The maximum Gasteiger partial charge on any atom is 0.303 e. The summed E-state index contributed by atoms with van der Waals surface area (Å²) in [5, 5.41) is 30.8. The summed E-state index contributed by atoms with van der Waals surface area (Å²) in [6, 6.07) is 0. The summed E-state index contributed by atoms with van der Waals surface area (Å²) in [7, 11) is 0. The molecular weight excluding hydrogens is 352 g/mol. The normalized spacial score (nSPS) is 51.7. The van der Waals surface area contributed by atoms with Crippen molar-refractivity contribution >= 4 is 5.97 Å². The van der Waals surface area contributed by atoms with Gasteiger partial charge in [-0.25, -0.2) is 0 Å². The van der Waals surface area contributed by atoms with Crippen LogP contribution >= 0.6 is 0 Å². The van der Waals surface area contributed by atoms with Crippen molar-refractivity contribution in [2.24, 2.45) is 46.3 Å². The minimum Gasteiger partial charge on any atom is -0.481 e. The molecule has 3 N–H and O–H groups in total. The lowest BCUT2D eigenvalue weighted by molar-refractivity contribution is -0.175. The van der Waals surface area contributed by atoms with Gasteiger partial charge in [0.2, 0.25) is 0 Å². The molecule has 160 valence electrons. The first-order valence-corrected chi connectivity index (χ1v) is 11.8. The van der Waals surface area contributed by atoms with E-state index >= 15 is 0 Å². The number of aliphatic hydroxyl groups excluding tert-OH is 2. The second kappa shape index (κ2) is 7.27. The number of aliphatic carboxylic acids is 1. The van der Waals surface area contributed by atoms with Gasteiger partial charge in [0.25, 0.3) is 0 Å². The molecule has 4 aliphatic carbocycles. The molecule has 4 nitrogen and oxygen atoms in total. The van der Waals surface area contributed by atoms with E-state index in [-0.39, 0.29) is 29.5 Å². The number of carboxylic acid groups (broad SMARTS) is 1. The fourth-order valence-electron chi connectivity index (χ4n) is 8.71. The number of carboxylic acids is 1. The first kappa shape index (κ1) is 20.7. The van der Waals surface area contributed by atoms with Crippen LogP contribution < -0.4 is 0 Å². The van der Waals surface area contributed by atoms with Gasteiger partial charge in [-0.05, 0) is 104 Å². The van der Waals surface area contributed by atoms with Gasteiger partial charge in [-0.2, -0.15) is 0 Å². The largest absolute Gasteiger partial charge is 0.481 e. The van der Waals surface area contributed by atoms with Gasteiger partial charge in [0.05, 0.1) is 12.2 Å². The summed E-state index contributed by atoms with van der Waals surface area (Å²) in [4.78, 5) is 11.1. The number of aliphatic hydroxyl groups is 2. The highest BCUT2D eigenvalue weighted by Crippen LogP contribution is 2.68. The van der Waals surface area contributed by atoms with Crippen LogP contribution in [0.1, 0.15) is 85.0 Å². The van der Waals surface area contributed by atoms with Crippen LogP contribution in [0.5, 0.6) is 0 Å². The lowest BCUT2D eigenvalue weighted by Gasteiger charge is -2.62. The van der Waals surface area contributed by atoms with Crippen LogP contribution in [0.4, 0.5) is 0 Å². The first-order valence-electron chi connectivity index (χ1n) is 11.8. The summed E-state index contributed by atoms with van der Waals surface area (Å²) in [5.74, 6) is 2.55. The maximum absolute atomic E-state index is 11.5. The highest BCUT2D eigenvalue weighted by atomic mass is 16.4. The molecular formula is C24H40O4. The third-order valence-electron chi connectivity index (χ3n) is 10.3. The molecule has 0 aromatic rings. The van der Waals surface area contributed by atoms with Crippen molar-refractivity contribution in [1.29, 1.82) is 0 Å². The fraction of sp³-hybridized carbons (Fsp3) is 0.958. The Hall–Kier alpha value is -0.610. The van der Waals surface area contributed by atoms with Crippen LogP contribution in [0.15, 0.2) is 0 Å². The molecule has 0 amide bonds. The van der Waals surface area contributed by atoms with E-state index in [0.29, 0.717) is 35.5 Å². The van der Waals surface area contributed by atoms with E-state index in [4.69, 9.17) is 5.11 Å². The summed E-state index contributed by atoms with van der Waals surface area (Å²) < 4.78 is 0. The monoisotopic (exact) mass is 392 g/mol. The number of hydrogen-bond acceptors (Lipinski definition) is 3. The summed E-state index contributed by atoms with van der Waals surface area (Å²) in [6.07, 6.45) is 9.26. The van der Waals surface area contributed by atoms with Crippen molar-refractivity contribution in [3.63, 3.8) is 0 Å². The minimum absolute atomic E-state index is 0.0591. The fourth-order valence-corrected chi connectivity index (χ4v) is 8.71. The third-order valence-corrected chi connectivity index (χ3v) is 10.3. The van der Waals surface area contributed by atoms with Crippen molar-refractivity contribution in [2.45, 2.75) is 97.2 Å². The van der Waals surface area contributed by atoms with Gasteiger partial charge >= 0.3 is 5.97 Å². The highest BCUT2D eigenvalue weighted by molar-refractivity contribution is 5.66. The van der Waals surface area contributed by atoms with E-state index in [2.05, 4.69) is 20.8 Å². The molecule has 0 bridgehead atoms. The van der Waals surface area contributed by atoms with Crippen molar-refractivity contribution in [3.05, 3.63) is 0 Å². The first-order chi connectivity index (χ1) is 13.2. The van der Waals surface area contributed by atoms with Crippen molar-refractivity contribution in [3.8, 4) is 0 Å². The third kappa shape index (κ3) is 3.05. The maximum atomic E-state index is 11.5. The number of hydrogen-bond donors (Lipinski definition) is 3. The molecule has 4 fully saturated rings. The minimum atomic E-state index is -0.707. The van der Waals surface area contributed by atoms with Crippen molar-refractivity contribution in [1.82, 2.24) is 0 Å². The highest BCUT2D eigenvalue weighted by Gasteiger charge is 2.63. The van der Waals surface area contributed by atoms with Gasteiger partial charge in [0.1, 0.15) is 0 Å². The van der Waals surface area contributed by atoms with Gasteiger partial charge < -0.3 is 15.3 Å². The lowest BCUT2D eigenvalue weighted by Crippen LogP contribution is -2.58. The number of fused-ring (bicyclic) bond motifs is 5. The smallest absolute Gasteiger partial charge is 0.303 e. The Morgan fingerprint density at radius 2 is 1.79 bits per heavy atom. The van der Waals surface area contributed by atoms with E-state index < -0.39 is 5.97 Å². The molecule has 0 aliphatic heterocycles. The van der Waals surface area contributed by atoms with Crippen molar-refractivity contribution < 1.29 is 20.1 Å². The van der Waals surface area contributed by atoms with Crippen LogP contribution in [0, 0.1) is 46.3 Å². The van der Waals surface area contributed by atoms with E-state index in [1.807, 2.05) is 0 Å². The molecule has 0 aromatic carbocycles. The van der Waals surface area contributed by atoms with Gasteiger partial charge in [0.15, 0.2) is 0 Å². The Kier molecular flexibility index (Phi) is 5.36. The predicted molar refractivity (Wildman–Crippen MR) is 109 cm³/mol. The average molecular weight is 393 g/mol. The Balaban J connectivity index is 1.56. The molecule has 4 saturated carbocycles. The van der Waals surface area contributed by atoms with Crippen LogP contribution in [0.25, 0.3) is 0 Å². The Labute approximate surface area is 170 Å². The molecule has 0 spiro atoms. The topological polar surface area (TPSA) is 77.8 Å². The van der Waals surface area contributed by atoms with Gasteiger partial charge in [-0.3, -0.25) is 4.79 Å². The second-order valence-corrected chi connectivity index (χ2v) is 11.3. The molecule has 10 atom stereocenters. The van der Waals surface area contributed by atoms with Crippen molar-refractivity contribution in [2.75, 3.05) is 0 Å². The molecule has 4 aliphatic rings. The second-order valence-electron chi connectivity index (χ2n) is 11.3. The number of rotatable bonds is 4. The molecule has 4 unspecified atom stereocenters. The van der Waals surface area contributed by atoms with Crippen LogP contribution in [0.3, 0.4) is 0 Å². The lowest BCUT2D eigenvalue weighted by atomic mass is 9.43. The van der Waals surface area contributed by atoms with E-state index in [0.717, 1.165) is 38.5 Å². The molecule has 4 rings (SSSR count). The van der Waals surface area contributed by atoms with Crippen LogP contribution in [-0.4, -0.2) is 33.5 Å². The molecule has 4 heteroatoms. The summed E-state index contributed by atoms with van der Waals surface area (Å²) in [6.45, 7) is 6.99. The zero-order chi connectivity index (χ0) is 20.3. The van der Waals surface area contributed by atoms with Gasteiger partial charge in [0, 0.05) is 6.42 Å². The number of carbonyl (C=O) groups is 1. The van der Waals surface area contributed by atoms with E-state index in [1.54, 1.807) is 0 Å². The Morgan fingerprint density at radius 1 is 1.04 bits per heavy atom. The molecule has 28 heavy (non-hydrogen) atoms. The van der Waals surface area contributed by atoms with E-state index in [9.17, 15) is 15.0 Å². The quantitative estimate of drug-likeness (QED) is 0.659.